The van der Waals surface area contributed by atoms with E-state index in [2.05, 4.69) is 15.2 Å². The number of nitrogens with zero attached hydrogens (tertiary/aromatic N) is 3. The molecule has 1 heterocycles. The normalized spacial score (nSPS) is 9.62. The molecule has 0 atom stereocenters. The summed E-state index contributed by atoms with van der Waals surface area (Å²) in [6, 6.07) is 5.94. The van der Waals surface area contributed by atoms with Crippen LogP contribution in [-0.4, -0.2) is 36.9 Å². The van der Waals surface area contributed by atoms with Gasteiger partial charge in [0.25, 0.3) is 5.69 Å². The Bertz CT molecular complexity index is 629. The third-order valence-corrected chi connectivity index (χ3v) is 2.95. The summed E-state index contributed by atoms with van der Waals surface area (Å²) < 4.78 is 0. The van der Waals surface area contributed by atoms with Crippen LogP contribution < -0.4 is 0 Å². The number of hydrogen-bond acceptors (Lipinski definition) is 6. The van der Waals surface area contributed by atoms with Crippen LogP contribution in [0.3, 0.4) is 0 Å². The maximum absolute atomic E-state index is 10.7. The zero-order valence-corrected chi connectivity index (χ0v) is 12.3. The average molecular weight is 310 g/mol. The summed E-state index contributed by atoms with van der Waals surface area (Å²) in [6.07, 6.45) is 0. The fraction of sp³-hybridized carbons (Fsp3) is 0.250. The lowest BCUT2D eigenvalue weighted by Gasteiger charge is -1.95. The van der Waals surface area contributed by atoms with E-state index in [0.29, 0.717) is 11.4 Å². The molecule has 8 nitrogen and oxygen atoms in total. The number of benzene rings is 1. The zero-order chi connectivity index (χ0) is 15.8. The minimum Gasteiger partial charge on any atom is -0.481 e. The average Bonchev–Trinajstić information content (AvgIpc) is 2.96. The Balaban J connectivity index is 0.00000106. The Hall–Kier alpha value is -2.42. The number of H-pyrrole nitrogens is 1. The molecule has 21 heavy (non-hydrogen) atoms. The Labute approximate surface area is 124 Å². The second-order valence-electron chi connectivity index (χ2n) is 3.46. The summed E-state index contributed by atoms with van der Waals surface area (Å²) in [5, 5.41) is 25.9. The van der Waals surface area contributed by atoms with Gasteiger partial charge in [0.2, 0.25) is 5.16 Å². The molecule has 0 bridgehead atoms. The van der Waals surface area contributed by atoms with Gasteiger partial charge in [0.15, 0.2) is 5.82 Å². The van der Waals surface area contributed by atoms with Crippen molar-refractivity contribution in [2.24, 2.45) is 0 Å². The van der Waals surface area contributed by atoms with Crippen LogP contribution in [0.4, 0.5) is 5.69 Å². The van der Waals surface area contributed by atoms with Crippen LogP contribution in [0.15, 0.2) is 29.4 Å². The monoisotopic (exact) mass is 310 g/mol. The minimum absolute atomic E-state index is 0.0476. The lowest BCUT2D eigenvalue weighted by molar-refractivity contribution is -0.384. The number of aromatic amines is 1. The first kappa shape index (κ1) is 16.6. The van der Waals surface area contributed by atoms with Crippen molar-refractivity contribution in [1.82, 2.24) is 15.2 Å². The van der Waals surface area contributed by atoms with Gasteiger partial charge < -0.3 is 5.11 Å². The molecule has 0 radical (unpaired) electrons. The molecule has 112 valence electrons. The number of thioether (sulfide) groups is 1. The van der Waals surface area contributed by atoms with Gasteiger partial charge >= 0.3 is 5.97 Å². The van der Waals surface area contributed by atoms with Crippen molar-refractivity contribution in [3.05, 3.63) is 34.4 Å². The molecule has 0 spiro atoms. The smallest absolute Gasteiger partial charge is 0.313 e. The highest BCUT2D eigenvalue weighted by Crippen LogP contribution is 2.22. The van der Waals surface area contributed by atoms with Crippen molar-refractivity contribution in [3.63, 3.8) is 0 Å². The lowest BCUT2D eigenvalue weighted by atomic mass is 10.2. The van der Waals surface area contributed by atoms with E-state index in [4.69, 9.17) is 5.11 Å². The molecule has 2 aromatic rings. The van der Waals surface area contributed by atoms with Gasteiger partial charge in [0.1, 0.15) is 0 Å². The maximum atomic E-state index is 10.7. The number of non-ortho nitro benzene ring substituents is 1. The Kier molecular flexibility index (Phi) is 6.34. The van der Waals surface area contributed by atoms with Gasteiger partial charge in [-0.25, -0.2) is 4.98 Å². The number of aliphatic carboxylic acids is 1. The third kappa shape index (κ3) is 4.88. The third-order valence-electron chi connectivity index (χ3n) is 2.12. The number of carbonyl (C=O) groups is 1. The van der Waals surface area contributed by atoms with Crippen LogP contribution in [0.2, 0.25) is 0 Å². The molecule has 2 N–H and O–H groups in total. The molecule has 0 aliphatic rings. The van der Waals surface area contributed by atoms with Crippen molar-refractivity contribution in [3.8, 4) is 11.4 Å². The maximum Gasteiger partial charge on any atom is 0.313 e. The van der Waals surface area contributed by atoms with Crippen molar-refractivity contribution in [2.75, 3.05) is 5.75 Å². The Morgan fingerprint density at radius 3 is 2.81 bits per heavy atom. The number of hydrogen-bond donors (Lipinski definition) is 2. The van der Waals surface area contributed by atoms with Gasteiger partial charge in [0, 0.05) is 17.7 Å². The fourth-order valence-electron chi connectivity index (χ4n) is 1.33. The van der Waals surface area contributed by atoms with Gasteiger partial charge in [-0.2, -0.15) is 0 Å². The predicted octanol–water partition coefficient (Wildman–Crippen LogP) is 2.58. The van der Waals surface area contributed by atoms with E-state index in [9.17, 15) is 14.9 Å². The van der Waals surface area contributed by atoms with Crippen LogP contribution >= 0.6 is 11.8 Å². The molecule has 0 aliphatic heterocycles. The molecule has 0 saturated carbocycles. The van der Waals surface area contributed by atoms with Crippen molar-refractivity contribution >= 4 is 23.4 Å². The molecule has 2 rings (SSSR count). The number of rotatable bonds is 5. The van der Waals surface area contributed by atoms with Crippen LogP contribution in [0.5, 0.6) is 0 Å². The summed E-state index contributed by atoms with van der Waals surface area (Å²) in [6.45, 7) is 4.00. The molecule has 0 aliphatic carbocycles. The standard InChI is InChI=1S/C10H8N4O4S.C2H6/c15-8(16)5-19-10-11-9(12-13-10)6-2-1-3-7(4-6)14(17)18;1-2/h1-4H,5H2,(H,15,16)(H,11,12,13);1-2H3. The van der Waals surface area contributed by atoms with E-state index in [0.717, 1.165) is 11.8 Å². The Morgan fingerprint density at radius 1 is 1.48 bits per heavy atom. The van der Waals surface area contributed by atoms with E-state index in [1.807, 2.05) is 13.8 Å². The first-order valence-corrected chi connectivity index (χ1v) is 7.06. The van der Waals surface area contributed by atoms with Gasteiger partial charge in [-0.3, -0.25) is 20.0 Å². The first-order valence-electron chi connectivity index (χ1n) is 6.08. The summed E-state index contributed by atoms with van der Waals surface area (Å²) in [5.74, 6) is -0.755. The van der Waals surface area contributed by atoms with Crippen LogP contribution in [0.25, 0.3) is 11.4 Å². The van der Waals surface area contributed by atoms with Crippen LogP contribution in [-0.2, 0) is 4.79 Å². The largest absolute Gasteiger partial charge is 0.481 e. The first-order chi connectivity index (χ1) is 10.1. The minimum atomic E-state index is -0.966. The molecule has 0 saturated heterocycles. The van der Waals surface area contributed by atoms with E-state index in [-0.39, 0.29) is 16.6 Å². The van der Waals surface area contributed by atoms with Crippen LogP contribution in [0.1, 0.15) is 13.8 Å². The van der Waals surface area contributed by atoms with E-state index in [1.54, 1.807) is 12.1 Å². The summed E-state index contributed by atoms with van der Waals surface area (Å²) in [4.78, 5) is 24.6. The fourth-order valence-corrected chi connectivity index (χ4v) is 1.85. The van der Waals surface area contributed by atoms with Crippen LogP contribution in [0, 0.1) is 10.1 Å². The Morgan fingerprint density at radius 2 is 2.19 bits per heavy atom. The van der Waals surface area contributed by atoms with E-state index < -0.39 is 10.9 Å². The van der Waals surface area contributed by atoms with Gasteiger partial charge in [-0.05, 0) is 0 Å². The highest BCUT2D eigenvalue weighted by atomic mass is 32.2. The molecule has 9 heteroatoms. The van der Waals surface area contributed by atoms with E-state index >= 15 is 0 Å². The summed E-state index contributed by atoms with van der Waals surface area (Å²) in [5.41, 5.74) is 0.470. The predicted molar refractivity (Wildman–Crippen MR) is 78.2 cm³/mol. The summed E-state index contributed by atoms with van der Waals surface area (Å²) in [7, 11) is 0. The number of carboxylic acids is 1. The quantitative estimate of drug-likeness (QED) is 0.494. The highest BCUT2D eigenvalue weighted by molar-refractivity contribution is 7.99. The number of nitro benzene ring substituents is 1. The van der Waals surface area contributed by atoms with Gasteiger partial charge in [0.05, 0.1) is 10.7 Å². The molecule has 0 fully saturated rings. The van der Waals surface area contributed by atoms with Gasteiger partial charge in [-0.1, -0.05) is 37.7 Å². The van der Waals surface area contributed by atoms with Gasteiger partial charge in [-0.15, -0.1) is 5.10 Å². The lowest BCUT2D eigenvalue weighted by Crippen LogP contribution is -1.97. The highest BCUT2D eigenvalue weighted by Gasteiger charge is 2.11. The molecule has 1 aromatic carbocycles. The number of nitrogens with one attached hydrogen (secondary N) is 1. The number of aromatic nitrogens is 3. The topological polar surface area (TPSA) is 122 Å². The second kappa shape index (κ2) is 8.00. The SMILES string of the molecule is CC.O=C(O)CSc1n[nH]c(-c2cccc([N+](=O)[O-])c2)n1. The second-order valence-corrected chi connectivity index (χ2v) is 4.40. The molecule has 0 unspecified atom stereocenters. The van der Waals surface area contributed by atoms with E-state index in [1.165, 1.54) is 12.1 Å². The van der Waals surface area contributed by atoms with Crippen molar-refractivity contribution in [1.29, 1.82) is 0 Å². The number of carboxylic acid groups (broad SMARTS) is 1. The molecular weight excluding hydrogens is 296 g/mol. The zero-order valence-electron chi connectivity index (χ0n) is 11.4. The molecule has 0 amide bonds. The summed E-state index contributed by atoms with van der Waals surface area (Å²) >= 11 is 0.968. The molecule has 1 aromatic heterocycles. The number of nitro groups is 1. The molecular formula is C12H14N4O4S. The van der Waals surface area contributed by atoms with Crippen molar-refractivity contribution < 1.29 is 14.8 Å². The van der Waals surface area contributed by atoms with Crippen molar-refractivity contribution in [2.45, 2.75) is 19.0 Å².